The Balaban J connectivity index is 1.83. The van der Waals surface area contributed by atoms with Crippen LogP contribution in [0.5, 0.6) is 0 Å². The highest BCUT2D eigenvalue weighted by atomic mass is 35.5. The number of ether oxygens (including phenoxy) is 1. The first-order valence-corrected chi connectivity index (χ1v) is 12.1. The molecular weight excluding hydrogens is 490 g/mol. The molecule has 0 bridgehead atoms. The summed E-state index contributed by atoms with van der Waals surface area (Å²) in [5, 5.41) is 3.67. The zero-order valence-corrected chi connectivity index (χ0v) is 21.6. The molecule has 0 unspecified atom stereocenters. The molecule has 190 valence electrons. The molecule has 3 aromatic carbocycles. The fraction of sp³-hybridized carbons (Fsp3) is 0.207. The van der Waals surface area contributed by atoms with Crippen LogP contribution in [0.2, 0.25) is 5.02 Å². The summed E-state index contributed by atoms with van der Waals surface area (Å²) < 4.78 is 6.83. The van der Waals surface area contributed by atoms with Crippen LogP contribution in [-0.2, 0) is 11.2 Å². The number of benzene rings is 3. The summed E-state index contributed by atoms with van der Waals surface area (Å²) in [5.41, 5.74) is 7.95. The van der Waals surface area contributed by atoms with Gasteiger partial charge in [0, 0.05) is 45.7 Å². The number of hydrogen-bond donors (Lipinski definition) is 2. The number of esters is 1. The van der Waals surface area contributed by atoms with E-state index in [4.69, 9.17) is 22.1 Å². The van der Waals surface area contributed by atoms with Crippen LogP contribution in [0.15, 0.2) is 77.6 Å². The maximum absolute atomic E-state index is 13.7. The fourth-order valence-electron chi connectivity index (χ4n) is 4.12. The Hall–Kier alpha value is -3.94. The topological polar surface area (TPSA) is 103 Å². The summed E-state index contributed by atoms with van der Waals surface area (Å²) in [6.07, 6.45) is 0.159. The maximum atomic E-state index is 13.7. The van der Waals surface area contributed by atoms with Gasteiger partial charge in [-0.15, -0.1) is 0 Å². The molecule has 0 radical (unpaired) electrons. The zero-order chi connectivity index (χ0) is 26.7. The highest BCUT2D eigenvalue weighted by Crippen LogP contribution is 2.26. The summed E-state index contributed by atoms with van der Waals surface area (Å²) in [5.74, 6) is -0.882. The molecule has 1 heterocycles. The summed E-state index contributed by atoms with van der Waals surface area (Å²) in [7, 11) is 1.28. The van der Waals surface area contributed by atoms with Gasteiger partial charge in [0.1, 0.15) is 5.69 Å². The van der Waals surface area contributed by atoms with Crippen molar-refractivity contribution in [2.24, 2.45) is 5.73 Å². The van der Waals surface area contributed by atoms with Crippen LogP contribution >= 0.6 is 11.6 Å². The van der Waals surface area contributed by atoms with Gasteiger partial charge >= 0.3 is 5.97 Å². The van der Waals surface area contributed by atoms with Crippen molar-refractivity contribution in [2.45, 2.75) is 25.8 Å². The van der Waals surface area contributed by atoms with Crippen molar-refractivity contribution < 1.29 is 14.3 Å². The first kappa shape index (κ1) is 26.1. The Labute approximate surface area is 219 Å². The lowest BCUT2D eigenvalue weighted by Crippen LogP contribution is -2.45. The van der Waals surface area contributed by atoms with Crippen molar-refractivity contribution in [3.05, 3.63) is 110 Å². The van der Waals surface area contributed by atoms with E-state index in [1.807, 2.05) is 44.2 Å². The van der Waals surface area contributed by atoms with Gasteiger partial charge in [-0.3, -0.25) is 9.59 Å². The lowest BCUT2D eigenvalue weighted by atomic mass is 9.98. The van der Waals surface area contributed by atoms with E-state index in [0.29, 0.717) is 33.7 Å². The zero-order valence-electron chi connectivity index (χ0n) is 20.9. The predicted octanol–water partition coefficient (Wildman–Crippen LogP) is 4.49. The number of nitrogens with two attached hydrogens (primary N) is 1. The molecule has 4 rings (SSSR count). The molecule has 0 aliphatic rings. The number of halogens is 1. The second-order valence-electron chi connectivity index (χ2n) is 9.53. The van der Waals surface area contributed by atoms with E-state index in [9.17, 15) is 14.4 Å². The molecular formula is C29H28ClN3O4. The van der Waals surface area contributed by atoms with Gasteiger partial charge in [-0.1, -0.05) is 41.9 Å². The third-order valence-electron chi connectivity index (χ3n) is 5.92. The molecule has 0 saturated carbocycles. The summed E-state index contributed by atoms with van der Waals surface area (Å²) in [6, 6.07) is 21.1. The van der Waals surface area contributed by atoms with Crippen LogP contribution in [0.1, 0.15) is 45.8 Å². The Morgan fingerprint density at radius 3 is 2.32 bits per heavy atom. The Bertz CT molecular complexity index is 1520. The van der Waals surface area contributed by atoms with Gasteiger partial charge in [0.05, 0.1) is 12.6 Å². The van der Waals surface area contributed by atoms with Crippen molar-refractivity contribution in [3.63, 3.8) is 0 Å². The lowest BCUT2D eigenvalue weighted by molar-refractivity contribution is 0.0589. The third-order valence-corrected chi connectivity index (χ3v) is 6.16. The minimum Gasteiger partial charge on any atom is -0.464 e. The number of fused-ring (bicyclic) bond motifs is 1. The van der Waals surface area contributed by atoms with Gasteiger partial charge in [0.15, 0.2) is 5.43 Å². The number of carbonyl (C=O) groups is 2. The highest BCUT2D eigenvalue weighted by Gasteiger charge is 2.24. The molecule has 0 fully saturated rings. The minimum absolute atomic E-state index is 0.125. The summed E-state index contributed by atoms with van der Waals surface area (Å²) in [6.45, 7) is 3.99. The number of rotatable bonds is 7. The standard InChI is InChI=1S/C29H28ClN3O4/c1-29(2,31)17-32-27(35)19-11-9-18(10-12-19)15-23-25(28(36)37-3)33(21-7-5-4-6-8-21)24-16-20(30)13-14-22(24)26(23)34/h4-14,16H,15,17,31H2,1-3H3,(H,32,35). The molecule has 3 N–H and O–H groups in total. The smallest absolute Gasteiger partial charge is 0.355 e. The molecule has 37 heavy (non-hydrogen) atoms. The van der Waals surface area contributed by atoms with E-state index < -0.39 is 11.5 Å². The Morgan fingerprint density at radius 1 is 1.03 bits per heavy atom. The van der Waals surface area contributed by atoms with Gasteiger partial charge in [-0.25, -0.2) is 4.79 Å². The van der Waals surface area contributed by atoms with E-state index in [1.54, 1.807) is 47.0 Å². The number of pyridine rings is 1. The Morgan fingerprint density at radius 2 is 1.70 bits per heavy atom. The lowest BCUT2D eigenvalue weighted by Gasteiger charge is -2.20. The van der Waals surface area contributed by atoms with Crippen LogP contribution in [0.3, 0.4) is 0 Å². The monoisotopic (exact) mass is 517 g/mol. The van der Waals surface area contributed by atoms with Crippen molar-refractivity contribution in [3.8, 4) is 5.69 Å². The minimum atomic E-state index is -0.641. The molecule has 0 aliphatic heterocycles. The molecule has 0 aliphatic carbocycles. The fourth-order valence-corrected chi connectivity index (χ4v) is 4.28. The number of nitrogens with one attached hydrogen (secondary N) is 1. The average molecular weight is 518 g/mol. The normalized spacial score (nSPS) is 11.4. The van der Waals surface area contributed by atoms with Gasteiger partial charge < -0.3 is 20.4 Å². The largest absolute Gasteiger partial charge is 0.464 e. The molecule has 1 aromatic heterocycles. The van der Waals surface area contributed by atoms with Gasteiger partial charge in [-0.05, 0) is 61.9 Å². The molecule has 1 amide bonds. The second-order valence-corrected chi connectivity index (χ2v) is 9.96. The first-order valence-electron chi connectivity index (χ1n) is 11.8. The molecule has 0 saturated heterocycles. The predicted molar refractivity (Wildman–Crippen MR) is 146 cm³/mol. The molecule has 7 nitrogen and oxygen atoms in total. The van der Waals surface area contributed by atoms with Gasteiger partial charge in [-0.2, -0.15) is 0 Å². The number of methoxy groups -OCH3 is 1. The average Bonchev–Trinajstić information content (AvgIpc) is 2.88. The summed E-state index contributed by atoms with van der Waals surface area (Å²) in [4.78, 5) is 39.3. The van der Waals surface area contributed by atoms with Crippen LogP contribution in [-0.4, -0.2) is 35.6 Å². The van der Waals surface area contributed by atoms with E-state index >= 15 is 0 Å². The van der Waals surface area contributed by atoms with E-state index in [2.05, 4.69) is 5.32 Å². The third kappa shape index (κ3) is 5.74. The van der Waals surface area contributed by atoms with Gasteiger partial charge in [0.2, 0.25) is 0 Å². The quantitative estimate of drug-likeness (QED) is 0.352. The van der Waals surface area contributed by atoms with E-state index in [0.717, 1.165) is 5.56 Å². The van der Waals surface area contributed by atoms with Gasteiger partial charge in [0.25, 0.3) is 5.91 Å². The Kier molecular flexibility index (Phi) is 7.47. The maximum Gasteiger partial charge on any atom is 0.355 e. The SMILES string of the molecule is COC(=O)c1c(Cc2ccc(C(=O)NCC(C)(C)N)cc2)c(=O)c2ccc(Cl)cc2n1-c1ccccc1. The van der Waals surface area contributed by atoms with Crippen LogP contribution < -0.4 is 16.5 Å². The van der Waals surface area contributed by atoms with Crippen molar-refractivity contribution in [1.29, 1.82) is 0 Å². The molecule has 4 aromatic rings. The van der Waals surface area contributed by atoms with Crippen LogP contribution in [0.25, 0.3) is 16.6 Å². The first-order chi connectivity index (χ1) is 17.6. The molecule has 0 spiro atoms. The number of hydrogen-bond acceptors (Lipinski definition) is 5. The number of amides is 1. The van der Waals surface area contributed by atoms with E-state index in [1.165, 1.54) is 7.11 Å². The van der Waals surface area contributed by atoms with Crippen molar-refractivity contribution in [2.75, 3.05) is 13.7 Å². The number of carbonyl (C=O) groups excluding carboxylic acids is 2. The number of aromatic nitrogens is 1. The second kappa shape index (κ2) is 10.6. The molecule has 8 heteroatoms. The van der Waals surface area contributed by atoms with Crippen LogP contribution in [0.4, 0.5) is 0 Å². The summed E-state index contributed by atoms with van der Waals surface area (Å²) >= 11 is 6.28. The van der Waals surface area contributed by atoms with Crippen LogP contribution in [0, 0.1) is 0 Å². The number of para-hydroxylation sites is 1. The van der Waals surface area contributed by atoms with E-state index in [-0.39, 0.29) is 29.0 Å². The van der Waals surface area contributed by atoms with Crippen molar-refractivity contribution in [1.82, 2.24) is 9.88 Å². The van der Waals surface area contributed by atoms with Crippen molar-refractivity contribution >= 4 is 34.4 Å². The molecule has 0 atom stereocenters. The highest BCUT2D eigenvalue weighted by molar-refractivity contribution is 6.31. The number of nitrogens with zero attached hydrogens (tertiary/aromatic N) is 1.